The summed E-state index contributed by atoms with van der Waals surface area (Å²) >= 11 is 0. The van der Waals surface area contributed by atoms with Crippen molar-refractivity contribution in [2.24, 2.45) is 0 Å². The minimum absolute atomic E-state index is 0.0149. The number of hydrogen-bond acceptors (Lipinski definition) is 4. The van der Waals surface area contributed by atoms with Gasteiger partial charge >= 0.3 is 0 Å². The molecule has 5 heterocycles. The molecule has 1 fully saturated rings. The zero-order valence-electron chi connectivity index (χ0n) is 17.6. The Kier molecular flexibility index (Phi) is 4.57. The zero-order chi connectivity index (χ0) is 20.7. The number of likely N-dealkylation sites (tertiary alicyclic amines) is 1. The molecule has 1 spiro atoms. The van der Waals surface area contributed by atoms with E-state index in [1.807, 2.05) is 42.3 Å². The van der Waals surface area contributed by atoms with E-state index in [2.05, 4.69) is 50.8 Å². The lowest BCUT2D eigenvalue weighted by molar-refractivity contribution is 0.0776. The van der Waals surface area contributed by atoms with E-state index in [-0.39, 0.29) is 11.4 Å². The summed E-state index contributed by atoms with van der Waals surface area (Å²) in [6.07, 6.45) is 7.06. The van der Waals surface area contributed by atoms with Gasteiger partial charge in [0.1, 0.15) is 11.2 Å². The van der Waals surface area contributed by atoms with Gasteiger partial charge in [0.05, 0.1) is 11.4 Å². The highest BCUT2D eigenvalue weighted by atomic mass is 16.2. The number of unbranched alkanes of at least 4 members (excludes halogenated alkanes) is 1. The predicted octanol–water partition coefficient (Wildman–Crippen LogP) is 3.94. The highest BCUT2D eigenvalue weighted by Crippen LogP contribution is 2.47. The lowest BCUT2D eigenvalue weighted by Gasteiger charge is -2.47. The lowest BCUT2D eigenvalue weighted by Crippen LogP contribution is -2.53. The number of amides is 1. The highest BCUT2D eigenvalue weighted by molar-refractivity contribution is 5.92. The molecule has 6 nitrogen and oxygen atoms in total. The molecule has 1 atom stereocenters. The molecule has 0 radical (unpaired) electrons. The second-order valence-corrected chi connectivity index (χ2v) is 8.29. The van der Waals surface area contributed by atoms with Crippen LogP contribution in [0.15, 0.2) is 54.9 Å². The van der Waals surface area contributed by atoms with Gasteiger partial charge in [-0.1, -0.05) is 19.4 Å². The first-order valence-electron chi connectivity index (χ1n) is 10.8. The number of anilines is 1. The molecule has 3 aromatic heterocycles. The first kappa shape index (κ1) is 18.9. The summed E-state index contributed by atoms with van der Waals surface area (Å²) in [6.45, 7) is 6.47. The fourth-order valence-electron chi connectivity index (χ4n) is 4.97. The molecule has 0 bridgehead atoms. The Bertz CT molecular complexity index is 1090. The second-order valence-electron chi connectivity index (χ2n) is 8.29. The van der Waals surface area contributed by atoms with Gasteiger partial charge in [-0.05, 0) is 56.2 Å². The maximum Gasteiger partial charge on any atom is 0.272 e. The van der Waals surface area contributed by atoms with Crippen molar-refractivity contribution < 1.29 is 4.79 Å². The lowest BCUT2D eigenvalue weighted by atomic mass is 9.88. The van der Waals surface area contributed by atoms with Crippen molar-refractivity contribution in [1.82, 2.24) is 19.4 Å². The van der Waals surface area contributed by atoms with Gasteiger partial charge in [-0.3, -0.25) is 4.79 Å². The molecule has 30 heavy (non-hydrogen) atoms. The van der Waals surface area contributed by atoms with Crippen molar-refractivity contribution in [3.8, 4) is 5.82 Å². The maximum atomic E-state index is 13.3. The van der Waals surface area contributed by atoms with E-state index in [9.17, 15) is 4.79 Å². The molecule has 0 unspecified atom stereocenters. The van der Waals surface area contributed by atoms with Gasteiger partial charge in [0.15, 0.2) is 5.82 Å². The third-order valence-corrected chi connectivity index (χ3v) is 6.40. The average Bonchev–Trinajstić information content (AvgIpc) is 3.42. The number of pyridine rings is 2. The standard InChI is InChI=1S/C24H27N5O/c1-3-4-15-29-20-10-6-13-25-22(20)28-14-7-11-21(28)24(29)12-16-27(17-24)23(30)19-9-5-8-18(2)26-19/h5-11,13-14H,3-4,12,15-17H2,1-2H3/t24-/m1/s1. The van der Waals surface area contributed by atoms with E-state index in [0.717, 1.165) is 49.6 Å². The number of aryl methyl sites for hydroxylation is 1. The van der Waals surface area contributed by atoms with Gasteiger partial charge in [-0.25, -0.2) is 9.97 Å². The Hall–Kier alpha value is -3.15. The third-order valence-electron chi connectivity index (χ3n) is 6.40. The van der Waals surface area contributed by atoms with E-state index in [1.165, 1.54) is 5.69 Å². The summed E-state index contributed by atoms with van der Waals surface area (Å²) in [7, 11) is 0. The number of carbonyl (C=O) groups is 1. The number of hydrogen-bond donors (Lipinski definition) is 0. The van der Waals surface area contributed by atoms with Crippen molar-refractivity contribution in [3.05, 3.63) is 71.9 Å². The first-order valence-corrected chi connectivity index (χ1v) is 10.8. The molecule has 2 aliphatic heterocycles. The second kappa shape index (κ2) is 7.27. The van der Waals surface area contributed by atoms with Crippen LogP contribution in [0.25, 0.3) is 5.82 Å². The van der Waals surface area contributed by atoms with Crippen LogP contribution in [0.3, 0.4) is 0 Å². The van der Waals surface area contributed by atoms with Gasteiger partial charge in [0.2, 0.25) is 0 Å². The molecule has 6 heteroatoms. The van der Waals surface area contributed by atoms with Crippen LogP contribution in [0.1, 0.15) is 48.1 Å². The third kappa shape index (κ3) is 2.82. The molecule has 3 aromatic rings. The fourth-order valence-corrected chi connectivity index (χ4v) is 4.97. The van der Waals surface area contributed by atoms with Crippen LogP contribution in [0, 0.1) is 6.92 Å². The Balaban J connectivity index is 1.56. The van der Waals surface area contributed by atoms with Gasteiger partial charge in [-0.15, -0.1) is 0 Å². The number of nitrogens with zero attached hydrogens (tertiary/aromatic N) is 5. The Labute approximate surface area is 177 Å². The van der Waals surface area contributed by atoms with Crippen LogP contribution in [-0.2, 0) is 5.54 Å². The SMILES string of the molecule is CCCCN1c2cccnc2-n2cccc2[C@]12CCN(C(=O)c1cccc(C)n1)C2. The first-order chi connectivity index (χ1) is 14.6. The normalized spacial score (nSPS) is 19.8. The molecule has 2 aliphatic rings. The van der Waals surface area contributed by atoms with Crippen LogP contribution < -0.4 is 4.90 Å². The van der Waals surface area contributed by atoms with E-state index in [4.69, 9.17) is 0 Å². The molecule has 0 N–H and O–H groups in total. The largest absolute Gasteiger partial charge is 0.355 e. The molecule has 0 saturated carbocycles. The maximum absolute atomic E-state index is 13.3. The highest BCUT2D eigenvalue weighted by Gasteiger charge is 2.50. The molecule has 0 aromatic carbocycles. The summed E-state index contributed by atoms with van der Waals surface area (Å²) in [5.41, 5.74) is 3.52. The Morgan fingerprint density at radius 3 is 2.90 bits per heavy atom. The monoisotopic (exact) mass is 401 g/mol. The smallest absolute Gasteiger partial charge is 0.272 e. The average molecular weight is 402 g/mol. The van der Waals surface area contributed by atoms with Gasteiger partial charge < -0.3 is 14.4 Å². The van der Waals surface area contributed by atoms with Gasteiger partial charge in [0, 0.05) is 37.7 Å². The summed E-state index contributed by atoms with van der Waals surface area (Å²) in [5.74, 6) is 0.991. The summed E-state index contributed by atoms with van der Waals surface area (Å²) in [6, 6.07) is 14.1. The minimum atomic E-state index is -0.242. The molecular formula is C24H27N5O. The molecular weight excluding hydrogens is 374 g/mol. The summed E-state index contributed by atoms with van der Waals surface area (Å²) in [5, 5.41) is 0. The quantitative estimate of drug-likeness (QED) is 0.665. The minimum Gasteiger partial charge on any atom is -0.355 e. The Morgan fingerprint density at radius 2 is 2.07 bits per heavy atom. The predicted molar refractivity (Wildman–Crippen MR) is 117 cm³/mol. The topological polar surface area (TPSA) is 54.3 Å². The van der Waals surface area contributed by atoms with Crippen LogP contribution in [0.2, 0.25) is 0 Å². The zero-order valence-corrected chi connectivity index (χ0v) is 17.6. The molecule has 1 saturated heterocycles. The van der Waals surface area contributed by atoms with Crippen LogP contribution in [0.5, 0.6) is 0 Å². The van der Waals surface area contributed by atoms with Crippen LogP contribution >= 0.6 is 0 Å². The molecule has 0 aliphatic carbocycles. The number of aromatic nitrogens is 3. The van der Waals surface area contributed by atoms with E-state index >= 15 is 0 Å². The number of fused-ring (bicyclic) bond motifs is 4. The van der Waals surface area contributed by atoms with Crippen molar-refractivity contribution >= 4 is 11.6 Å². The summed E-state index contributed by atoms with van der Waals surface area (Å²) < 4.78 is 2.21. The van der Waals surface area contributed by atoms with Crippen LogP contribution in [0.4, 0.5) is 5.69 Å². The number of carbonyl (C=O) groups excluding carboxylic acids is 1. The Morgan fingerprint density at radius 1 is 1.17 bits per heavy atom. The van der Waals surface area contributed by atoms with Crippen molar-refractivity contribution in [1.29, 1.82) is 0 Å². The van der Waals surface area contributed by atoms with Crippen molar-refractivity contribution in [2.45, 2.75) is 38.6 Å². The van der Waals surface area contributed by atoms with Gasteiger partial charge in [-0.2, -0.15) is 0 Å². The van der Waals surface area contributed by atoms with Gasteiger partial charge in [0.25, 0.3) is 5.91 Å². The van der Waals surface area contributed by atoms with E-state index < -0.39 is 0 Å². The van der Waals surface area contributed by atoms with Crippen molar-refractivity contribution in [2.75, 3.05) is 24.5 Å². The molecule has 5 rings (SSSR count). The molecule has 154 valence electrons. The number of rotatable bonds is 4. The molecule has 1 amide bonds. The fraction of sp³-hybridized carbons (Fsp3) is 0.375. The summed E-state index contributed by atoms with van der Waals surface area (Å²) in [4.78, 5) is 26.9. The van der Waals surface area contributed by atoms with Crippen LogP contribution in [-0.4, -0.2) is 45.0 Å². The van der Waals surface area contributed by atoms with Crippen molar-refractivity contribution in [3.63, 3.8) is 0 Å². The van der Waals surface area contributed by atoms with E-state index in [0.29, 0.717) is 12.2 Å². The van der Waals surface area contributed by atoms with E-state index in [1.54, 1.807) is 0 Å².